The average Bonchev–Trinajstić information content (AvgIpc) is 2.97. The number of rotatable bonds is 10. The number of Topliss-reactive ketones (excluding diaryl/α,β-unsaturated/α-hetero) is 1. The summed E-state index contributed by atoms with van der Waals surface area (Å²) in [4.78, 5) is 41.7. The molecule has 11 heteroatoms. The van der Waals surface area contributed by atoms with E-state index < -0.39 is 11.9 Å². The molecular weight excluding hydrogens is 543 g/mol. The molecule has 0 spiro atoms. The smallest absolute Gasteiger partial charge is 0.328 e. The number of benzene rings is 2. The van der Waals surface area contributed by atoms with Gasteiger partial charge in [0.1, 0.15) is 11.6 Å². The Hall–Kier alpha value is -3.64. The van der Waals surface area contributed by atoms with E-state index in [1.807, 2.05) is 19.1 Å². The summed E-state index contributed by atoms with van der Waals surface area (Å²) < 4.78 is 13.6. The maximum Gasteiger partial charge on any atom is 0.328 e. The number of carboxylic acids is 2. The Morgan fingerprint density at radius 1 is 0.786 bits per heavy atom. The quantitative estimate of drug-likeness (QED) is 0.284. The Balaban J connectivity index is 0.000000531. The van der Waals surface area contributed by atoms with Crippen molar-refractivity contribution in [3.05, 3.63) is 77.6 Å². The van der Waals surface area contributed by atoms with Crippen molar-refractivity contribution in [3.8, 4) is 5.75 Å². The second-order valence-corrected chi connectivity index (χ2v) is 10.8. The summed E-state index contributed by atoms with van der Waals surface area (Å²) in [5, 5.41) is 25.1. The van der Waals surface area contributed by atoms with Gasteiger partial charge >= 0.3 is 11.9 Å². The van der Waals surface area contributed by atoms with Crippen LogP contribution in [0.25, 0.3) is 0 Å². The summed E-state index contributed by atoms with van der Waals surface area (Å²) in [6.45, 7) is 11.6. The zero-order valence-corrected chi connectivity index (χ0v) is 24.2. The largest absolute Gasteiger partial charge is 0.508 e. The number of piperazine rings is 2. The molecule has 10 nitrogen and oxygen atoms in total. The van der Waals surface area contributed by atoms with Gasteiger partial charge in [-0.2, -0.15) is 0 Å². The molecule has 2 saturated heterocycles. The first-order valence-corrected chi connectivity index (χ1v) is 14.1. The van der Waals surface area contributed by atoms with Crippen molar-refractivity contribution < 1.29 is 34.1 Å². The third-order valence-corrected chi connectivity index (χ3v) is 7.63. The molecule has 2 aliphatic heterocycles. The van der Waals surface area contributed by atoms with E-state index in [1.165, 1.54) is 5.56 Å². The number of nitrogens with zero attached hydrogens (tertiary/aromatic N) is 4. The summed E-state index contributed by atoms with van der Waals surface area (Å²) in [6, 6.07) is 13.8. The van der Waals surface area contributed by atoms with E-state index in [-0.39, 0.29) is 29.3 Å². The van der Waals surface area contributed by atoms with Gasteiger partial charge in [-0.05, 0) is 49.0 Å². The normalized spacial score (nSPS) is 18.6. The molecule has 2 fully saturated rings. The molecule has 42 heavy (non-hydrogen) atoms. The molecule has 2 aromatic carbocycles. The molecule has 228 valence electrons. The second-order valence-electron chi connectivity index (χ2n) is 10.8. The molecule has 2 heterocycles. The summed E-state index contributed by atoms with van der Waals surface area (Å²) in [5.74, 6) is -2.50. The molecule has 2 unspecified atom stereocenters. The van der Waals surface area contributed by atoms with Crippen LogP contribution in [-0.2, 0) is 9.59 Å². The van der Waals surface area contributed by atoms with Gasteiger partial charge in [-0.25, -0.2) is 14.0 Å². The van der Waals surface area contributed by atoms with Crippen molar-refractivity contribution >= 4 is 17.7 Å². The monoisotopic (exact) mass is 584 g/mol. The van der Waals surface area contributed by atoms with Gasteiger partial charge in [-0.15, -0.1) is 0 Å². The van der Waals surface area contributed by atoms with Crippen LogP contribution in [0.3, 0.4) is 0 Å². The summed E-state index contributed by atoms with van der Waals surface area (Å²) in [7, 11) is 2.16. The summed E-state index contributed by atoms with van der Waals surface area (Å²) in [5.41, 5.74) is 1.83. The molecule has 0 saturated carbocycles. The molecule has 2 atom stereocenters. The molecule has 0 radical (unpaired) electrons. The Morgan fingerprint density at radius 3 is 1.79 bits per heavy atom. The summed E-state index contributed by atoms with van der Waals surface area (Å²) >= 11 is 0. The lowest BCUT2D eigenvalue weighted by Crippen LogP contribution is -2.52. The van der Waals surface area contributed by atoms with Crippen LogP contribution in [0.2, 0.25) is 0 Å². The molecule has 3 N–H and O–H groups in total. The van der Waals surface area contributed by atoms with E-state index in [0.29, 0.717) is 17.7 Å². The minimum atomic E-state index is -1.26. The molecule has 0 aromatic heterocycles. The maximum absolute atomic E-state index is 13.6. The third-order valence-electron chi connectivity index (χ3n) is 7.63. The number of halogens is 1. The highest BCUT2D eigenvalue weighted by Gasteiger charge is 2.28. The molecule has 0 bridgehead atoms. The van der Waals surface area contributed by atoms with Crippen LogP contribution in [-0.4, -0.2) is 125 Å². The van der Waals surface area contributed by atoms with Crippen molar-refractivity contribution in [1.82, 2.24) is 19.6 Å². The highest BCUT2D eigenvalue weighted by molar-refractivity contribution is 5.97. The third kappa shape index (κ3) is 10.6. The second kappa shape index (κ2) is 16.1. The molecule has 0 aliphatic carbocycles. The predicted molar refractivity (Wildman–Crippen MR) is 157 cm³/mol. The number of hydrogen-bond donors (Lipinski definition) is 3. The van der Waals surface area contributed by atoms with Crippen LogP contribution >= 0.6 is 0 Å². The number of carbonyl (C=O) groups excluding carboxylic acids is 1. The number of aromatic hydroxyl groups is 1. The fraction of sp³-hybridized carbons (Fsp3) is 0.452. The molecule has 0 amide bonds. The first kappa shape index (κ1) is 32.9. The van der Waals surface area contributed by atoms with Crippen LogP contribution in [0, 0.1) is 11.7 Å². The van der Waals surface area contributed by atoms with E-state index in [2.05, 4.69) is 26.6 Å². The minimum absolute atomic E-state index is 0.0894. The van der Waals surface area contributed by atoms with Crippen LogP contribution in [0.1, 0.15) is 28.9 Å². The minimum Gasteiger partial charge on any atom is -0.508 e. The lowest BCUT2D eigenvalue weighted by molar-refractivity contribution is -0.134. The highest BCUT2D eigenvalue weighted by Crippen LogP contribution is 2.25. The van der Waals surface area contributed by atoms with Crippen LogP contribution < -0.4 is 0 Å². The van der Waals surface area contributed by atoms with Crippen LogP contribution in [0.5, 0.6) is 5.75 Å². The van der Waals surface area contributed by atoms with Gasteiger partial charge in [-0.1, -0.05) is 19.1 Å². The van der Waals surface area contributed by atoms with Crippen molar-refractivity contribution in [2.45, 2.75) is 13.0 Å². The van der Waals surface area contributed by atoms with Crippen molar-refractivity contribution in [3.63, 3.8) is 0 Å². The van der Waals surface area contributed by atoms with E-state index in [0.717, 1.165) is 65.4 Å². The lowest BCUT2D eigenvalue weighted by atomic mass is 9.98. The fourth-order valence-corrected chi connectivity index (χ4v) is 5.17. The summed E-state index contributed by atoms with van der Waals surface area (Å²) in [6.07, 6.45) is 1.12. The molecule has 2 aromatic rings. The molecule has 2 aliphatic rings. The van der Waals surface area contributed by atoms with Crippen molar-refractivity contribution in [2.75, 3.05) is 72.5 Å². The van der Waals surface area contributed by atoms with Gasteiger partial charge in [0.15, 0.2) is 5.78 Å². The fourth-order valence-electron chi connectivity index (χ4n) is 5.17. The number of likely N-dealkylation sites (N-methyl/N-ethyl adjacent to an activating group) is 1. The Kier molecular flexibility index (Phi) is 12.6. The predicted octanol–water partition coefficient (Wildman–Crippen LogP) is 2.67. The van der Waals surface area contributed by atoms with Crippen molar-refractivity contribution in [1.29, 1.82) is 0 Å². The number of carbonyl (C=O) groups is 3. The number of hydrogen-bond acceptors (Lipinski definition) is 8. The Morgan fingerprint density at radius 2 is 1.29 bits per heavy atom. The molecule has 4 rings (SSSR count). The van der Waals surface area contributed by atoms with E-state index in [1.54, 1.807) is 36.4 Å². The SMILES string of the molecule is CC(CN1CCN(CC(c2ccc(F)cc2)N2CCN(C)CC2)CC1)C(=O)c1ccc(O)cc1.O=C(O)/C=C\C(=O)O. The van der Waals surface area contributed by atoms with E-state index >= 15 is 0 Å². The van der Waals surface area contributed by atoms with Gasteiger partial charge < -0.3 is 25.1 Å². The van der Waals surface area contributed by atoms with E-state index in [9.17, 15) is 23.9 Å². The van der Waals surface area contributed by atoms with Gasteiger partial charge in [0.2, 0.25) is 0 Å². The average molecular weight is 585 g/mol. The molecular formula is C31H41FN4O6. The van der Waals surface area contributed by atoms with Crippen molar-refractivity contribution in [2.24, 2.45) is 5.92 Å². The number of ketones is 1. The number of phenolic OH excluding ortho intramolecular Hbond substituents is 1. The van der Waals surface area contributed by atoms with Gasteiger partial charge in [0.05, 0.1) is 0 Å². The van der Waals surface area contributed by atoms with Gasteiger partial charge in [0, 0.05) is 95.1 Å². The first-order chi connectivity index (χ1) is 20.0. The Bertz CT molecular complexity index is 1170. The number of carboxylic acid groups (broad SMARTS) is 2. The Labute approximate surface area is 246 Å². The number of aliphatic carboxylic acids is 2. The zero-order chi connectivity index (χ0) is 30.6. The van der Waals surface area contributed by atoms with Crippen LogP contribution in [0.4, 0.5) is 4.39 Å². The lowest BCUT2D eigenvalue weighted by Gasteiger charge is -2.42. The van der Waals surface area contributed by atoms with E-state index in [4.69, 9.17) is 10.2 Å². The van der Waals surface area contributed by atoms with Gasteiger partial charge in [-0.3, -0.25) is 14.6 Å². The number of phenols is 1. The van der Waals surface area contributed by atoms with Gasteiger partial charge in [0.25, 0.3) is 0 Å². The maximum atomic E-state index is 13.6. The highest BCUT2D eigenvalue weighted by atomic mass is 19.1. The zero-order valence-electron chi connectivity index (χ0n) is 24.2. The first-order valence-electron chi connectivity index (χ1n) is 14.1. The topological polar surface area (TPSA) is 125 Å². The standard InChI is InChI=1S/C27H37FN4O2.C4H4O4/c1-21(27(34)23-5-9-25(33)10-6-23)19-30-13-15-31(16-14-30)20-26(22-3-7-24(28)8-4-22)32-17-11-29(2)12-18-32;5-3(6)1-2-4(7)8/h3-10,21,26,33H,11-20H2,1-2H3;1-2H,(H,5,6)(H,7,8)/b;2-1-. The van der Waals surface area contributed by atoms with Crippen LogP contribution in [0.15, 0.2) is 60.7 Å².